The van der Waals surface area contributed by atoms with Gasteiger partial charge in [0.2, 0.25) is 0 Å². The molecule has 0 aliphatic carbocycles. The fraction of sp³-hybridized carbons (Fsp3) is 0.278. The van der Waals surface area contributed by atoms with E-state index in [1.807, 2.05) is 0 Å². The van der Waals surface area contributed by atoms with Crippen LogP contribution in [0.3, 0.4) is 0 Å². The second-order valence-corrected chi connectivity index (χ2v) is 9.12. The molecule has 26 heavy (non-hydrogen) atoms. The van der Waals surface area contributed by atoms with Crippen molar-refractivity contribution in [1.82, 2.24) is 5.32 Å². The largest absolute Gasteiger partial charge is 0.338 e. The standard InChI is InChI=1S/C18H21FN2O3S2/c1-26(23,24)13-14-4-2-5-16(12-14)21-18(22)20-10-3-11-25-17-8-6-15(19)7-9-17/h2,4-9,12H,3,10-11,13H2,1H3,(H2,20,21,22). The van der Waals surface area contributed by atoms with E-state index in [4.69, 9.17) is 0 Å². The molecule has 2 amide bonds. The quantitative estimate of drug-likeness (QED) is 0.527. The van der Waals surface area contributed by atoms with E-state index in [0.29, 0.717) is 17.8 Å². The Bertz CT molecular complexity index is 840. The Balaban J connectivity index is 1.70. The first kappa shape index (κ1) is 20.3. The number of thioether (sulfide) groups is 1. The van der Waals surface area contributed by atoms with Crippen molar-refractivity contribution >= 4 is 33.3 Å². The van der Waals surface area contributed by atoms with Crippen molar-refractivity contribution in [3.8, 4) is 0 Å². The number of benzene rings is 2. The highest BCUT2D eigenvalue weighted by Crippen LogP contribution is 2.18. The number of hydrogen-bond acceptors (Lipinski definition) is 4. The Morgan fingerprint density at radius 2 is 1.88 bits per heavy atom. The van der Waals surface area contributed by atoms with Gasteiger partial charge in [-0.15, -0.1) is 11.8 Å². The van der Waals surface area contributed by atoms with Gasteiger partial charge in [-0.1, -0.05) is 12.1 Å². The normalized spacial score (nSPS) is 11.2. The molecule has 5 nitrogen and oxygen atoms in total. The summed E-state index contributed by atoms with van der Waals surface area (Å²) in [5.41, 5.74) is 1.17. The van der Waals surface area contributed by atoms with Gasteiger partial charge in [-0.25, -0.2) is 17.6 Å². The second kappa shape index (κ2) is 9.59. The lowest BCUT2D eigenvalue weighted by Gasteiger charge is -2.09. The molecular weight excluding hydrogens is 375 g/mol. The number of nitrogens with one attached hydrogen (secondary N) is 2. The maximum absolute atomic E-state index is 12.8. The van der Waals surface area contributed by atoms with E-state index < -0.39 is 9.84 Å². The number of halogens is 1. The van der Waals surface area contributed by atoms with Gasteiger partial charge < -0.3 is 10.6 Å². The molecule has 2 aromatic carbocycles. The van der Waals surface area contributed by atoms with Gasteiger partial charge in [-0.3, -0.25) is 0 Å². The molecule has 0 atom stereocenters. The summed E-state index contributed by atoms with van der Waals surface area (Å²) in [5, 5.41) is 5.44. The van der Waals surface area contributed by atoms with Crippen LogP contribution in [0.1, 0.15) is 12.0 Å². The van der Waals surface area contributed by atoms with Gasteiger partial charge in [0.15, 0.2) is 9.84 Å². The fourth-order valence-electron chi connectivity index (χ4n) is 2.21. The Labute approximate surface area is 157 Å². The van der Waals surface area contributed by atoms with Crippen molar-refractivity contribution in [3.63, 3.8) is 0 Å². The minimum Gasteiger partial charge on any atom is -0.338 e. The number of anilines is 1. The molecule has 0 aliphatic heterocycles. The van der Waals surface area contributed by atoms with Crippen LogP contribution in [-0.2, 0) is 15.6 Å². The lowest BCUT2D eigenvalue weighted by molar-refractivity contribution is 0.252. The van der Waals surface area contributed by atoms with Gasteiger partial charge in [0.05, 0.1) is 5.75 Å². The van der Waals surface area contributed by atoms with Crippen LogP contribution in [-0.4, -0.2) is 33.0 Å². The first-order valence-corrected chi connectivity index (χ1v) is 11.1. The van der Waals surface area contributed by atoms with Crippen LogP contribution in [0, 0.1) is 5.82 Å². The summed E-state index contributed by atoms with van der Waals surface area (Å²) in [6, 6.07) is 12.7. The molecule has 8 heteroatoms. The average molecular weight is 397 g/mol. The van der Waals surface area contributed by atoms with Crippen LogP contribution in [0.2, 0.25) is 0 Å². The number of amides is 2. The van der Waals surface area contributed by atoms with E-state index in [2.05, 4.69) is 10.6 Å². The van der Waals surface area contributed by atoms with E-state index >= 15 is 0 Å². The van der Waals surface area contributed by atoms with Crippen molar-refractivity contribution in [2.45, 2.75) is 17.1 Å². The molecule has 0 bridgehead atoms. The summed E-state index contributed by atoms with van der Waals surface area (Å²) in [5.74, 6) is 0.480. The molecule has 0 saturated carbocycles. The molecule has 140 valence electrons. The molecule has 0 spiro atoms. The topological polar surface area (TPSA) is 75.3 Å². The SMILES string of the molecule is CS(=O)(=O)Cc1cccc(NC(=O)NCCCSc2ccc(F)cc2)c1. The van der Waals surface area contributed by atoms with Gasteiger partial charge in [0.1, 0.15) is 5.82 Å². The predicted octanol–water partition coefficient (Wildman–Crippen LogP) is 3.67. The van der Waals surface area contributed by atoms with Crippen molar-refractivity contribution < 1.29 is 17.6 Å². The average Bonchev–Trinajstić information content (AvgIpc) is 2.55. The van der Waals surface area contributed by atoms with Gasteiger partial charge in [-0.05, 0) is 54.1 Å². The highest BCUT2D eigenvalue weighted by molar-refractivity contribution is 7.99. The summed E-state index contributed by atoms with van der Waals surface area (Å²) in [4.78, 5) is 12.9. The minimum atomic E-state index is -3.12. The summed E-state index contributed by atoms with van der Waals surface area (Å²) in [6.07, 6.45) is 1.94. The third-order valence-electron chi connectivity index (χ3n) is 3.30. The number of hydrogen-bond donors (Lipinski definition) is 2. The van der Waals surface area contributed by atoms with E-state index in [-0.39, 0.29) is 17.6 Å². The number of rotatable bonds is 8. The smallest absolute Gasteiger partial charge is 0.319 e. The van der Waals surface area contributed by atoms with E-state index in [1.54, 1.807) is 48.2 Å². The summed E-state index contributed by atoms with van der Waals surface area (Å²) in [7, 11) is -3.12. The zero-order chi connectivity index (χ0) is 19.0. The van der Waals surface area contributed by atoms with Crippen LogP contribution in [0.15, 0.2) is 53.4 Å². The minimum absolute atomic E-state index is 0.0647. The fourth-order valence-corrected chi connectivity index (χ4v) is 3.85. The van der Waals surface area contributed by atoms with Crippen molar-refractivity contribution in [2.24, 2.45) is 0 Å². The molecule has 0 saturated heterocycles. The second-order valence-electron chi connectivity index (χ2n) is 5.81. The van der Waals surface area contributed by atoms with Gasteiger partial charge in [0.25, 0.3) is 0 Å². The van der Waals surface area contributed by atoms with E-state index in [9.17, 15) is 17.6 Å². The third kappa shape index (κ3) is 7.88. The van der Waals surface area contributed by atoms with Crippen LogP contribution >= 0.6 is 11.8 Å². The molecule has 0 radical (unpaired) electrons. The molecule has 0 heterocycles. The highest BCUT2D eigenvalue weighted by atomic mass is 32.2. The van der Waals surface area contributed by atoms with Crippen molar-refractivity contribution in [3.05, 3.63) is 59.9 Å². The summed E-state index contributed by atoms with van der Waals surface area (Å²) >= 11 is 1.60. The first-order valence-electron chi connectivity index (χ1n) is 8.02. The summed E-state index contributed by atoms with van der Waals surface area (Å²) < 4.78 is 35.5. The maximum Gasteiger partial charge on any atom is 0.319 e. The van der Waals surface area contributed by atoms with Gasteiger partial charge in [0, 0.05) is 23.4 Å². The molecule has 0 aromatic heterocycles. The van der Waals surface area contributed by atoms with Gasteiger partial charge in [-0.2, -0.15) is 0 Å². The number of carbonyl (C=O) groups is 1. The molecule has 2 N–H and O–H groups in total. The van der Waals surface area contributed by atoms with Gasteiger partial charge >= 0.3 is 6.03 Å². The van der Waals surface area contributed by atoms with Crippen molar-refractivity contribution in [2.75, 3.05) is 23.9 Å². The zero-order valence-electron chi connectivity index (χ0n) is 14.4. The Hall–Kier alpha value is -2.06. The first-order chi connectivity index (χ1) is 12.3. The Kier molecular flexibility index (Phi) is 7.47. The lowest BCUT2D eigenvalue weighted by atomic mass is 10.2. The molecular formula is C18H21FN2O3S2. The number of urea groups is 1. The van der Waals surface area contributed by atoms with Crippen LogP contribution in [0.25, 0.3) is 0 Å². The Morgan fingerprint density at radius 1 is 1.15 bits per heavy atom. The predicted molar refractivity (Wildman–Crippen MR) is 104 cm³/mol. The van der Waals surface area contributed by atoms with Crippen LogP contribution in [0.5, 0.6) is 0 Å². The van der Waals surface area contributed by atoms with E-state index in [1.165, 1.54) is 18.4 Å². The molecule has 0 fully saturated rings. The summed E-state index contributed by atoms with van der Waals surface area (Å²) in [6.45, 7) is 0.503. The van der Waals surface area contributed by atoms with Crippen molar-refractivity contribution in [1.29, 1.82) is 0 Å². The van der Waals surface area contributed by atoms with E-state index in [0.717, 1.165) is 17.1 Å². The molecule has 0 unspecified atom stereocenters. The molecule has 0 aliphatic rings. The zero-order valence-corrected chi connectivity index (χ0v) is 16.0. The number of carbonyl (C=O) groups excluding carboxylic acids is 1. The highest BCUT2D eigenvalue weighted by Gasteiger charge is 2.06. The van der Waals surface area contributed by atoms with Crippen LogP contribution in [0.4, 0.5) is 14.9 Å². The van der Waals surface area contributed by atoms with Crippen LogP contribution < -0.4 is 10.6 Å². The molecule has 2 rings (SSSR count). The lowest BCUT2D eigenvalue weighted by Crippen LogP contribution is -2.29. The molecule has 2 aromatic rings. The Morgan fingerprint density at radius 3 is 2.58 bits per heavy atom. The number of sulfone groups is 1. The third-order valence-corrected chi connectivity index (χ3v) is 5.26. The monoisotopic (exact) mass is 396 g/mol. The maximum atomic E-state index is 12.8.